The predicted octanol–water partition coefficient (Wildman–Crippen LogP) is 3.62. The van der Waals surface area contributed by atoms with E-state index in [1.165, 1.54) is 22.2 Å². The molecule has 0 atom stereocenters. The molecule has 0 amide bonds. The molecule has 1 N–H and O–H groups in total. The van der Waals surface area contributed by atoms with Crippen LogP contribution in [0.25, 0.3) is 22.3 Å². The summed E-state index contributed by atoms with van der Waals surface area (Å²) in [6, 6.07) is 8.49. The second-order valence-electron chi connectivity index (χ2n) is 5.81. The van der Waals surface area contributed by atoms with Gasteiger partial charge in [-0.1, -0.05) is 0 Å². The topological polar surface area (TPSA) is 44.8 Å². The minimum absolute atomic E-state index is 0.895. The number of fused-ring (bicyclic) bond motifs is 1. The lowest BCUT2D eigenvalue weighted by molar-refractivity contribution is 1.05. The second-order valence-corrected chi connectivity index (χ2v) is 5.81. The zero-order chi connectivity index (χ0) is 15.1. The average molecular weight is 280 g/mol. The zero-order valence-corrected chi connectivity index (χ0v) is 13.2. The summed E-state index contributed by atoms with van der Waals surface area (Å²) >= 11 is 0. The minimum atomic E-state index is 0.895. The first kappa shape index (κ1) is 13.6. The largest absolute Gasteiger partial charge is 0.377 e. The summed E-state index contributed by atoms with van der Waals surface area (Å²) in [5.41, 5.74) is 7.56. The van der Waals surface area contributed by atoms with Crippen molar-refractivity contribution in [2.75, 3.05) is 19.0 Å². The number of rotatable bonds is 2. The fourth-order valence-corrected chi connectivity index (χ4v) is 2.70. The number of aromatic amines is 1. The highest BCUT2D eigenvalue weighted by atomic mass is 15.1. The first-order valence-electron chi connectivity index (χ1n) is 7.07. The minimum Gasteiger partial charge on any atom is -0.377 e. The van der Waals surface area contributed by atoms with Gasteiger partial charge in [-0.2, -0.15) is 5.10 Å². The van der Waals surface area contributed by atoms with E-state index in [0.717, 1.165) is 22.6 Å². The molecular formula is C17H20N4. The Labute approximate surface area is 124 Å². The van der Waals surface area contributed by atoms with E-state index in [9.17, 15) is 0 Å². The molecule has 2 aromatic heterocycles. The molecule has 1 aromatic carbocycles. The smallest absolute Gasteiger partial charge is 0.111 e. The maximum atomic E-state index is 4.78. The van der Waals surface area contributed by atoms with Gasteiger partial charge in [0.05, 0.1) is 11.2 Å². The molecule has 0 aliphatic carbocycles. The van der Waals surface area contributed by atoms with Crippen molar-refractivity contribution < 1.29 is 0 Å². The van der Waals surface area contributed by atoms with E-state index in [2.05, 4.69) is 61.2 Å². The number of aryl methyl sites for hydroxylation is 3. The van der Waals surface area contributed by atoms with Crippen molar-refractivity contribution in [2.24, 2.45) is 0 Å². The number of aromatic nitrogens is 3. The quantitative estimate of drug-likeness (QED) is 0.780. The summed E-state index contributed by atoms with van der Waals surface area (Å²) in [4.78, 5) is 6.92. The maximum absolute atomic E-state index is 4.78. The van der Waals surface area contributed by atoms with Crippen LogP contribution in [0.15, 0.2) is 24.3 Å². The number of nitrogens with zero attached hydrogens (tertiary/aromatic N) is 3. The van der Waals surface area contributed by atoms with E-state index < -0.39 is 0 Å². The van der Waals surface area contributed by atoms with Crippen LogP contribution in [-0.4, -0.2) is 29.3 Å². The van der Waals surface area contributed by atoms with E-state index >= 15 is 0 Å². The van der Waals surface area contributed by atoms with Crippen molar-refractivity contribution in [3.05, 3.63) is 41.1 Å². The molecular weight excluding hydrogens is 260 g/mol. The standard InChI is InChI=1S/C17H20N4/c1-10-6-15(16-8-12(3)19-20-16)18-14-7-11(2)17(21(4)5)9-13(10)14/h6-9H,1-5H3,(H,19,20). The molecule has 0 bridgehead atoms. The van der Waals surface area contributed by atoms with Gasteiger partial charge in [0.1, 0.15) is 5.69 Å². The molecule has 0 fully saturated rings. The Morgan fingerprint density at radius 1 is 0.905 bits per heavy atom. The van der Waals surface area contributed by atoms with E-state index in [0.29, 0.717) is 0 Å². The van der Waals surface area contributed by atoms with Gasteiger partial charge in [0.15, 0.2) is 0 Å². The first-order valence-corrected chi connectivity index (χ1v) is 7.07. The fourth-order valence-electron chi connectivity index (χ4n) is 2.70. The van der Waals surface area contributed by atoms with Crippen molar-refractivity contribution in [2.45, 2.75) is 20.8 Å². The molecule has 0 radical (unpaired) electrons. The summed E-state index contributed by atoms with van der Waals surface area (Å²) in [6.45, 7) is 6.25. The summed E-state index contributed by atoms with van der Waals surface area (Å²) in [5, 5.41) is 8.47. The number of H-pyrrole nitrogens is 1. The molecule has 0 aliphatic rings. The normalized spacial score (nSPS) is 11.1. The van der Waals surface area contributed by atoms with Crippen molar-refractivity contribution in [3.63, 3.8) is 0 Å². The molecule has 0 saturated heterocycles. The van der Waals surface area contributed by atoms with Crippen LogP contribution in [-0.2, 0) is 0 Å². The van der Waals surface area contributed by atoms with Gasteiger partial charge in [0, 0.05) is 30.9 Å². The molecule has 21 heavy (non-hydrogen) atoms. The summed E-state index contributed by atoms with van der Waals surface area (Å²) in [6.07, 6.45) is 0. The van der Waals surface area contributed by atoms with Crippen molar-refractivity contribution in [1.82, 2.24) is 15.2 Å². The van der Waals surface area contributed by atoms with Gasteiger partial charge >= 0.3 is 0 Å². The molecule has 0 saturated carbocycles. The Bertz CT molecular complexity index is 815. The van der Waals surface area contributed by atoms with E-state index in [4.69, 9.17) is 4.98 Å². The number of hydrogen-bond donors (Lipinski definition) is 1. The number of anilines is 1. The van der Waals surface area contributed by atoms with Crippen molar-refractivity contribution >= 4 is 16.6 Å². The lowest BCUT2D eigenvalue weighted by Crippen LogP contribution is -2.10. The summed E-state index contributed by atoms with van der Waals surface area (Å²) < 4.78 is 0. The number of nitrogens with one attached hydrogen (secondary N) is 1. The number of benzene rings is 1. The van der Waals surface area contributed by atoms with Crippen molar-refractivity contribution in [3.8, 4) is 11.4 Å². The molecule has 2 heterocycles. The third kappa shape index (κ3) is 2.37. The monoisotopic (exact) mass is 280 g/mol. The summed E-state index contributed by atoms with van der Waals surface area (Å²) in [5.74, 6) is 0. The van der Waals surface area contributed by atoms with E-state index in [1.807, 2.05) is 13.0 Å². The van der Waals surface area contributed by atoms with Gasteiger partial charge in [0.2, 0.25) is 0 Å². The van der Waals surface area contributed by atoms with Crippen molar-refractivity contribution in [1.29, 1.82) is 0 Å². The van der Waals surface area contributed by atoms with Gasteiger partial charge in [-0.15, -0.1) is 0 Å². The van der Waals surface area contributed by atoms with Crippen LogP contribution in [0.4, 0.5) is 5.69 Å². The molecule has 0 aliphatic heterocycles. The zero-order valence-electron chi connectivity index (χ0n) is 13.2. The van der Waals surface area contributed by atoms with Gasteiger partial charge in [-0.25, -0.2) is 4.98 Å². The SMILES string of the molecule is Cc1cc(-c2cc(C)c3cc(N(C)C)c(C)cc3n2)n[nH]1. The molecule has 0 unspecified atom stereocenters. The van der Waals surface area contributed by atoms with Gasteiger partial charge in [-0.05, 0) is 56.2 Å². The third-order valence-corrected chi connectivity index (χ3v) is 3.78. The highest BCUT2D eigenvalue weighted by molar-refractivity contribution is 5.89. The van der Waals surface area contributed by atoms with Gasteiger partial charge in [-0.3, -0.25) is 5.10 Å². The molecule has 4 heteroatoms. The van der Waals surface area contributed by atoms with Crippen LogP contribution in [0.1, 0.15) is 16.8 Å². The maximum Gasteiger partial charge on any atom is 0.111 e. The Morgan fingerprint density at radius 2 is 1.67 bits per heavy atom. The molecule has 3 aromatic rings. The van der Waals surface area contributed by atoms with Crippen LogP contribution < -0.4 is 4.90 Å². The second kappa shape index (κ2) is 4.88. The van der Waals surface area contributed by atoms with Crippen LogP contribution in [0.5, 0.6) is 0 Å². The van der Waals surface area contributed by atoms with Gasteiger partial charge in [0.25, 0.3) is 0 Å². The van der Waals surface area contributed by atoms with Crippen LogP contribution >= 0.6 is 0 Å². The summed E-state index contributed by atoms with van der Waals surface area (Å²) in [7, 11) is 4.13. The molecule has 4 nitrogen and oxygen atoms in total. The molecule has 0 spiro atoms. The Morgan fingerprint density at radius 3 is 2.29 bits per heavy atom. The predicted molar refractivity (Wildman–Crippen MR) is 87.9 cm³/mol. The highest BCUT2D eigenvalue weighted by Crippen LogP contribution is 2.29. The van der Waals surface area contributed by atoms with E-state index in [1.54, 1.807) is 0 Å². The fraction of sp³-hybridized carbons (Fsp3) is 0.294. The number of hydrogen-bond acceptors (Lipinski definition) is 3. The average Bonchev–Trinajstić information content (AvgIpc) is 2.84. The highest BCUT2D eigenvalue weighted by Gasteiger charge is 2.10. The lowest BCUT2D eigenvalue weighted by Gasteiger charge is -2.17. The van der Waals surface area contributed by atoms with E-state index in [-0.39, 0.29) is 0 Å². The lowest BCUT2D eigenvalue weighted by atomic mass is 10.0. The Kier molecular flexibility index (Phi) is 3.16. The third-order valence-electron chi connectivity index (χ3n) is 3.78. The Balaban J connectivity index is 2.23. The Hall–Kier alpha value is -2.36. The van der Waals surface area contributed by atoms with Gasteiger partial charge < -0.3 is 4.90 Å². The number of pyridine rings is 1. The van der Waals surface area contributed by atoms with Crippen LogP contribution in [0, 0.1) is 20.8 Å². The van der Waals surface area contributed by atoms with Crippen LogP contribution in [0.3, 0.4) is 0 Å². The first-order chi connectivity index (χ1) is 9.95. The van der Waals surface area contributed by atoms with Crippen LogP contribution in [0.2, 0.25) is 0 Å². The molecule has 3 rings (SSSR count). The molecule has 108 valence electrons.